The molecule has 0 aliphatic heterocycles. The average Bonchev–Trinajstić information content (AvgIpc) is 2.86. The zero-order valence-corrected chi connectivity index (χ0v) is 11.4. The van der Waals surface area contributed by atoms with Gasteiger partial charge in [-0.25, -0.2) is 4.39 Å². The van der Waals surface area contributed by atoms with E-state index in [-0.39, 0.29) is 23.6 Å². The first kappa shape index (κ1) is 14.0. The number of hydrogen-bond donors (Lipinski definition) is 2. The van der Waals surface area contributed by atoms with E-state index in [1.54, 1.807) is 17.0 Å². The Morgan fingerprint density at radius 1 is 1.45 bits per heavy atom. The van der Waals surface area contributed by atoms with Crippen molar-refractivity contribution in [3.05, 3.63) is 47.4 Å². The van der Waals surface area contributed by atoms with Crippen LogP contribution in [-0.4, -0.2) is 27.5 Å². The third kappa shape index (κ3) is 2.79. The molecule has 2 aromatic rings. The van der Waals surface area contributed by atoms with Crippen molar-refractivity contribution < 1.29 is 9.18 Å². The summed E-state index contributed by atoms with van der Waals surface area (Å²) in [5.41, 5.74) is 6.72. The number of amides is 1. The SMILES string of the molecule is CCN(C(=O)c1cc(N)n[nH]1)C(C)c1ccc(F)cc1. The molecule has 0 saturated carbocycles. The third-order valence-electron chi connectivity index (χ3n) is 3.25. The summed E-state index contributed by atoms with van der Waals surface area (Å²) in [7, 11) is 0. The quantitative estimate of drug-likeness (QED) is 0.900. The number of aromatic nitrogens is 2. The topological polar surface area (TPSA) is 75.0 Å². The molecule has 0 fully saturated rings. The van der Waals surface area contributed by atoms with Gasteiger partial charge in [0.1, 0.15) is 17.3 Å². The maximum Gasteiger partial charge on any atom is 0.272 e. The number of carbonyl (C=O) groups excluding carboxylic acids is 1. The van der Waals surface area contributed by atoms with Gasteiger partial charge in [-0.2, -0.15) is 5.10 Å². The monoisotopic (exact) mass is 276 g/mol. The van der Waals surface area contributed by atoms with Crippen LogP contribution in [0.15, 0.2) is 30.3 Å². The molecule has 0 aliphatic carbocycles. The average molecular weight is 276 g/mol. The summed E-state index contributed by atoms with van der Waals surface area (Å²) in [6.45, 7) is 4.31. The summed E-state index contributed by atoms with van der Waals surface area (Å²) in [5, 5.41) is 6.36. The Morgan fingerprint density at radius 3 is 2.60 bits per heavy atom. The molecule has 0 spiro atoms. The number of nitrogens with one attached hydrogen (secondary N) is 1. The fourth-order valence-corrected chi connectivity index (χ4v) is 2.12. The van der Waals surface area contributed by atoms with E-state index in [1.807, 2.05) is 13.8 Å². The van der Waals surface area contributed by atoms with Crippen molar-refractivity contribution in [2.75, 3.05) is 12.3 Å². The van der Waals surface area contributed by atoms with Crippen molar-refractivity contribution in [2.45, 2.75) is 19.9 Å². The Bertz CT molecular complexity index is 593. The van der Waals surface area contributed by atoms with Crippen LogP contribution in [0.1, 0.15) is 35.9 Å². The molecule has 0 aliphatic rings. The molecule has 1 aromatic carbocycles. The Kier molecular flexibility index (Phi) is 4.02. The molecule has 0 saturated heterocycles. The number of benzene rings is 1. The maximum atomic E-state index is 13.0. The van der Waals surface area contributed by atoms with Gasteiger partial charge in [-0.15, -0.1) is 0 Å². The summed E-state index contributed by atoms with van der Waals surface area (Å²) in [6, 6.07) is 7.46. The van der Waals surface area contributed by atoms with Crippen molar-refractivity contribution in [3.8, 4) is 0 Å². The molecule has 1 heterocycles. The first-order chi connectivity index (χ1) is 9.52. The lowest BCUT2D eigenvalue weighted by atomic mass is 10.1. The van der Waals surface area contributed by atoms with Crippen LogP contribution in [0.3, 0.4) is 0 Å². The van der Waals surface area contributed by atoms with Crippen molar-refractivity contribution >= 4 is 11.7 Å². The number of H-pyrrole nitrogens is 1. The molecule has 0 bridgehead atoms. The second-order valence-corrected chi connectivity index (χ2v) is 4.53. The highest BCUT2D eigenvalue weighted by Gasteiger charge is 2.22. The van der Waals surface area contributed by atoms with Crippen LogP contribution < -0.4 is 5.73 Å². The highest BCUT2D eigenvalue weighted by molar-refractivity contribution is 5.93. The van der Waals surface area contributed by atoms with Gasteiger partial charge in [0.2, 0.25) is 0 Å². The smallest absolute Gasteiger partial charge is 0.272 e. The molecule has 5 nitrogen and oxygen atoms in total. The van der Waals surface area contributed by atoms with E-state index in [0.29, 0.717) is 12.2 Å². The fraction of sp³-hybridized carbons (Fsp3) is 0.286. The summed E-state index contributed by atoms with van der Waals surface area (Å²) in [6.07, 6.45) is 0. The minimum atomic E-state index is -0.295. The van der Waals surface area contributed by atoms with Crippen molar-refractivity contribution in [3.63, 3.8) is 0 Å². The van der Waals surface area contributed by atoms with E-state index in [4.69, 9.17) is 5.73 Å². The Morgan fingerprint density at radius 2 is 2.10 bits per heavy atom. The molecule has 106 valence electrons. The number of halogens is 1. The van der Waals surface area contributed by atoms with Crippen molar-refractivity contribution in [2.24, 2.45) is 0 Å². The molecule has 1 atom stereocenters. The Hall–Kier alpha value is -2.37. The second-order valence-electron chi connectivity index (χ2n) is 4.53. The van der Waals surface area contributed by atoms with Gasteiger partial charge in [-0.1, -0.05) is 12.1 Å². The van der Waals surface area contributed by atoms with Gasteiger partial charge in [0.05, 0.1) is 6.04 Å². The lowest BCUT2D eigenvalue weighted by molar-refractivity contribution is 0.0696. The summed E-state index contributed by atoms with van der Waals surface area (Å²) in [5.74, 6) is -0.205. The molecule has 0 radical (unpaired) electrons. The standard InChI is InChI=1S/C14H17FN4O/c1-3-19(14(20)12-8-13(16)18-17-12)9(2)10-4-6-11(15)7-5-10/h4-9H,3H2,1-2H3,(H3,16,17,18). The number of hydrogen-bond acceptors (Lipinski definition) is 3. The zero-order chi connectivity index (χ0) is 14.7. The van der Waals surface area contributed by atoms with Gasteiger partial charge in [-0.05, 0) is 31.5 Å². The van der Waals surface area contributed by atoms with Crippen LogP contribution in [0.25, 0.3) is 0 Å². The van der Waals surface area contributed by atoms with E-state index in [1.165, 1.54) is 18.2 Å². The van der Waals surface area contributed by atoms with Crippen LogP contribution in [-0.2, 0) is 0 Å². The second kappa shape index (κ2) is 5.73. The molecular weight excluding hydrogens is 259 g/mol. The Labute approximate surface area is 116 Å². The number of rotatable bonds is 4. The van der Waals surface area contributed by atoms with E-state index in [0.717, 1.165) is 5.56 Å². The highest BCUT2D eigenvalue weighted by atomic mass is 19.1. The van der Waals surface area contributed by atoms with E-state index in [9.17, 15) is 9.18 Å². The zero-order valence-electron chi connectivity index (χ0n) is 11.4. The number of anilines is 1. The van der Waals surface area contributed by atoms with Gasteiger partial charge >= 0.3 is 0 Å². The molecule has 6 heteroatoms. The van der Waals surface area contributed by atoms with Gasteiger partial charge in [0.25, 0.3) is 5.91 Å². The van der Waals surface area contributed by atoms with Crippen molar-refractivity contribution in [1.82, 2.24) is 15.1 Å². The van der Waals surface area contributed by atoms with Gasteiger partial charge in [-0.3, -0.25) is 9.89 Å². The number of carbonyl (C=O) groups is 1. The lowest BCUT2D eigenvalue weighted by Gasteiger charge is -2.28. The number of nitrogen functional groups attached to an aromatic ring is 1. The third-order valence-corrected chi connectivity index (χ3v) is 3.25. The first-order valence-electron chi connectivity index (χ1n) is 6.40. The minimum absolute atomic E-state index is 0.169. The Balaban J connectivity index is 2.23. The van der Waals surface area contributed by atoms with Crippen LogP contribution in [0.4, 0.5) is 10.2 Å². The van der Waals surface area contributed by atoms with Crippen LogP contribution in [0.2, 0.25) is 0 Å². The predicted molar refractivity (Wildman–Crippen MR) is 74.5 cm³/mol. The highest BCUT2D eigenvalue weighted by Crippen LogP contribution is 2.22. The van der Waals surface area contributed by atoms with E-state index < -0.39 is 0 Å². The minimum Gasteiger partial charge on any atom is -0.382 e. The van der Waals surface area contributed by atoms with Gasteiger partial charge in [0, 0.05) is 12.6 Å². The van der Waals surface area contributed by atoms with Crippen LogP contribution >= 0.6 is 0 Å². The molecule has 20 heavy (non-hydrogen) atoms. The fourth-order valence-electron chi connectivity index (χ4n) is 2.12. The van der Waals surface area contributed by atoms with E-state index in [2.05, 4.69) is 10.2 Å². The summed E-state index contributed by atoms with van der Waals surface area (Å²) < 4.78 is 13.0. The number of aromatic amines is 1. The predicted octanol–water partition coefficient (Wildman–Crippen LogP) is 2.35. The summed E-state index contributed by atoms with van der Waals surface area (Å²) >= 11 is 0. The maximum absolute atomic E-state index is 13.0. The molecule has 2 rings (SSSR count). The van der Waals surface area contributed by atoms with Crippen molar-refractivity contribution in [1.29, 1.82) is 0 Å². The van der Waals surface area contributed by atoms with Gasteiger partial charge < -0.3 is 10.6 Å². The first-order valence-corrected chi connectivity index (χ1v) is 6.40. The molecular formula is C14H17FN4O. The molecule has 1 aromatic heterocycles. The largest absolute Gasteiger partial charge is 0.382 e. The van der Waals surface area contributed by atoms with Gasteiger partial charge in [0.15, 0.2) is 0 Å². The lowest BCUT2D eigenvalue weighted by Crippen LogP contribution is -2.33. The summed E-state index contributed by atoms with van der Waals surface area (Å²) in [4.78, 5) is 14.1. The molecule has 1 unspecified atom stereocenters. The molecule has 1 amide bonds. The van der Waals surface area contributed by atoms with Crippen LogP contribution in [0, 0.1) is 5.82 Å². The molecule has 3 N–H and O–H groups in total. The van der Waals surface area contributed by atoms with Crippen LogP contribution in [0.5, 0.6) is 0 Å². The number of nitrogens with zero attached hydrogens (tertiary/aromatic N) is 2. The number of nitrogens with two attached hydrogens (primary N) is 1. The van der Waals surface area contributed by atoms with E-state index >= 15 is 0 Å². The normalized spacial score (nSPS) is 12.2.